The van der Waals surface area contributed by atoms with E-state index in [0.717, 1.165) is 6.61 Å². The van der Waals surface area contributed by atoms with E-state index in [2.05, 4.69) is 26.1 Å². The molecule has 1 saturated carbocycles. The van der Waals surface area contributed by atoms with Crippen LogP contribution in [0.15, 0.2) is 0 Å². The molecular weight excluding hydrogens is 198 g/mol. The van der Waals surface area contributed by atoms with Gasteiger partial charge >= 0.3 is 0 Å². The average Bonchev–Trinajstić information content (AvgIpc) is 2.74. The van der Waals surface area contributed by atoms with Crippen LogP contribution in [0.25, 0.3) is 0 Å². The molecule has 94 valence electrons. The second-order valence-corrected chi connectivity index (χ2v) is 6.29. The van der Waals surface area contributed by atoms with E-state index in [4.69, 9.17) is 4.74 Å². The van der Waals surface area contributed by atoms with Crippen molar-refractivity contribution >= 4 is 0 Å². The summed E-state index contributed by atoms with van der Waals surface area (Å²) in [6, 6.07) is 1.20. The van der Waals surface area contributed by atoms with Crippen molar-refractivity contribution in [2.75, 3.05) is 6.61 Å². The summed E-state index contributed by atoms with van der Waals surface area (Å²) in [7, 11) is 0. The lowest BCUT2D eigenvalue weighted by Gasteiger charge is -2.41. The molecule has 2 nitrogen and oxygen atoms in total. The van der Waals surface area contributed by atoms with Crippen LogP contribution < -0.4 is 5.32 Å². The molecule has 1 saturated heterocycles. The first-order chi connectivity index (χ1) is 7.59. The van der Waals surface area contributed by atoms with Crippen molar-refractivity contribution < 1.29 is 4.74 Å². The van der Waals surface area contributed by atoms with Crippen molar-refractivity contribution in [2.45, 2.75) is 77.5 Å². The third kappa shape index (κ3) is 2.78. The highest BCUT2D eigenvalue weighted by molar-refractivity contribution is 4.91. The van der Waals surface area contributed by atoms with Crippen molar-refractivity contribution in [3.05, 3.63) is 0 Å². The zero-order valence-electron chi connectivity index (χ0n) is 11.1. The van der Waals surface area contributed by atoms with Crippen LogP contribution in [0.3, 0.4) is 0 Å². The number of rotatable bonds is 3. The maximum Gasteiger partial charge on any atom is 0.0726 e. The third-order valence-electron chi connectivity index (χ3n) is 4.49. The van der Waals surface area contributed by atoms with Gasteiger partial charge in [0.15, 0.2) is 0 Å². The molecular formula is C14H27NO. The molecule has 3 unspecified atom stereocenters. The van der Waals surface area contributed by atoms with Crippen molar-refractivity contribution in [1.29, 1.82) is 0 Å². The Bertz CT molecular complexity index is 221. The average molecular weight is 225 g/mol. The van der Waals surface area contributed by atoms with Crippen LogP contribution in [-0.2, 0) is 4.74 Å². The summed E-state index contributed by atoms with van der Waals surface area (Å²) >= 11 is 0. The number of ether oxygens (including phenoxy) is 1. The second kappa shape index (κ2) is 5.05. The lowest BCUT2D eigenvalue weighted by molar-refractivity contribution is 0.0627. The first kappa shape index (κ1) is 12.4. The van der Waals surface area contributed by atoms with Gasteiger partial charge in [-0.15, -0.1) is 0 Å². The van der Waals surface area contributed by atoms with E-state index in [1.165, 1.54) is 38.5 Å². The minimum Gasteiger partial charge on any atom is -0.377 e. The van der Waals surface area contributed by atoms with Crippen molar-refractivity contribution in [3.8, 4) is 0 Å². The van der Waals surface area contributed by atoms with Gasteiger partial charge in [-0.25, -0.2) is 0 Å². The predicted octanol–water partition coefficient (Wildman–Crippen LogP) is 3.11. The van der Waals surface area contributed by atoms with Crippen LogP contribution in [-0.4, -0.2) is 24.8 Å². The summed E-state index contributed by atoms with van der Waals surface area (Å²) in [4.78, 5) is 0. The van der Waals surface area contributed by atoms with Gasteiger partial charge in [-0.3, -0.25) is 0 Å². The standard InChI is InChI=1S/C14H27NO/c1-11(12-7-6-10-16-12)15-13-8-4-5-9-14(13,2)3/h11-13,15H,4-10H2,1-3H3. The van der Waals surface area contributed by atoms with E-state index >= 15 is 0 Å². The third-order valence-corrected chi connectivity index (χ3v) is 4.49. The van der Waals surface area contributed by atoms with Crippen LogP contribution >= 0.6 is 0 Å². The quantitative estimate of drug-likeness (QED) is 0.797. The number of nitrogens with one attached hydrogen (secondary N) is 1. The monoisotopic (exact) mass is 225 g/mol. The van der Waals surface area contributed by atoms with Gasteiger partial charge in [-0.05, 0) is 38.0 Å². The Morgan fingerprint density at radius 3 is 2.62 bits per heavy atom. The van der Waals surface area contributed by atoms with Gasteiger partial charge in [0.2, 0.25) is 0 Å². The van der Waals surface area contributed by atoms with Crippen molar-refractivity contribution in [3.63, 3.8) is 0 Å². The van der Waals surface area contributed by atoms with E-state index in [1.54, 1.807) is 0 Å². The van der Waals surface area contributed by atoms with Crippen molar-refractivity contribution in [2.24, 2.45) is 5.41 Å². The first-order valence-corrected chi connectivity index (χ1v) is 6.97. The number of hydrogen-bond acceptors (Lipinski definition) is 2. The van der Waals surface area contributed by atoms with Gasteiger partial charge in [0.1, 0.15) is 0 Å². The minimum absolute atomic E-state index is 0.456. The van der Waals surface area contributed by atoms with Crippen LogP contribution in [0, 0.1) is 5.41 Å². The highest BCUT2D eigenvalue weighted by Gasteiger charge is 2.34. The zero-order valence-corrected chi connectivity index (χ0v) is 11.1. The molecule has 1 heterocycles. The largest absolute Gasteiger partial charge is 0.377 e. The Kier molecular flexibility index (Phi) is 3.91. The van der Waals surface area contributed by atoms with Gasteiger partial charge in [-0.2, -0.15) is 0 Å². The molecule has 0 spiro atoms. The molecule has 3 atom stereocenters. The first-order valence-electron chi connectivity index (χ1n) is 6.97. The summed E-state index contributed by atoms with van der Waals surface area (Å²) < 4.78 is 5.76. The molecule has 1 N–H and O–H groups in total. The van der Waals surface area contributed by atoms with Crippen LogP contribution in [0.5, 0.6) is 0 Å². The highest BCUT2D eigenvalue weighted by Crippen LogP contribution is 2.36. The lowest BCUT2D eigenvalue weighted by Crippen LogP contribution is -2.51. The predicted molar refractivity (Wildman–Crippen MR) is 67.6 cm³/mol. The summed E-state index contributed by atoms with van der Waals surface area (Å²) in [6.45, 7) is 8.07. The van der Waals surface area contributed by atoms with E-state index in [9.17, 15) is 0 Å². The smallest absolute Gasteiger partial charge is 0.0726 e. The Labute approximate surface area is 100 Å². The molecule has 0 aromatic heterocycles. The van der Waals surface area contributed by atoms with E-state index in [-0.39, 0.29) is 0 Å². The molecule has 16 heavy (non-hydrogen) atoms. The molecule has 1 aliphatic heterocycles. The zero-order chi connectivity index (χ0) is 11.6. The Morgan fingerprint density at radius 1 is 1.19 bits per heavy atom. The highest BCUT2D eigenvalue weighted by atomic mass is 16.5. The van der Waals surface area contributed by atoms with E-state index in [0.29, 0.717) is 23.6 Å². The SMILES string of the molecule is CC(NC1CCCCC1(C)C)C1CCCO1. The molecule has 0 aromatic carbocycles. The fourth-order valence-corrected chi connectivity index (χ4v) is 3.22. The van der Waals surface area contributed by atoms with E-state index in [1.807, 2.05) is 0 Å². The second-order valence-electron chi connectivity index (χ2n) is 6.29. The molecule has 2 aliphatic rings. The Hall–Kier alpha value is -0.0800. The van der Waals surface area contributed by atoms with Gasteiger partial charge in [0.05, 0.1) is 6.10 Å². The maximum absolute atomic E-state index is 5.76. The summed E-state index contributed by atoms with van der Waals surface area (Å²) in [5.41, 5.74) is 0.463. The molecule has 0 aromatic rings. The fourth-order valence-electron chi connectivity index (χ4n) is 3.22. The lowest BCUT2D eigenvalue weighted by atomic mass is 9.73. The van der Waals surface area contributed by atoms with Crippen molar-refractivity contribution in [1.82, 2.24) is 5.32 Å². The van der Waals surface area contributed by atoms with Gasteiger partial charge in [0, 0.05) is 18.7 Å². The Morgan fingerprint density at radius 2 is 2.00 bits per heavy atom. The summed E-state index contributed by atoms with van der Waals surface area (Å²) in [5.74, 6) is 0. The number of hydrogen-bond donors (Lipinski definition) is 1. The molecule has 0 amide bonds. The van der Waals surface area contributed by atoms with Gasteiger partial charge in [-0.1, -0.05) is 26.7 Å². The van der Waals surface area contributed by atoms with Crippen LogP contribution in [0.1, 0.15) is 59.3 Å². The normalized spacial score (nSPS) is 36.2. The molecule has 2 fully saturated rings. The van der Waals surface area contributed by atoms with E-state index < -0.39 is 0 Å². The fraction of sp³-hybridized carbons (Fsp3) is 1.00. The molecule has 1 aliphatic carbocycles. The molecule has 0 bridgehead atoms. The van der Waals surface area contributed by atoms with Crippen LogP contribution in [0.2, 0.25) is 0 Å². The summed E-state index contributed by atoms with van der Waals surface area (Å²) in [6.07, 6.45) is 8.43. The Balaban J connectivity index is 1.87. The molecule has 2 rings (SSSR count). The summed E-state index contributed by atoms with van der Waals surface area (Å²) in [5, 5.41) is 3.83. The van der Waals surface area contributed by atoms with Gasteiger partial charge in [0.25, 0.3) is 0 Å². The van der Waals surface area contributed by atoms with Gasteiger partial charge < -0.3 is 10.1 Å². The maximum atomic E-state index is 5.76. The molecule has 2 heteroatoms. The molecule has 0 radical (unpaired) electrons. The van der Waals surface area contributed by atoms with Crippen LogP contribution in [0.4, 0.5) is 0 Å². The topological polar surface area (TPSA) is 21.3 Å². The minimum atomic E-state index is 0.456.